The fourth-order valence-electron chi connectivity index (χ4n) is 1.47. The number of ether oxygens (including phenoxy) is 1. The standard InChI is InChI=1S/C13H11BrFNO2/c1-8(17)10-3-2-6-16-13(10)18-12-7-9(14)4-5-11(12)15/h2-8,17H,1H3/t8-/m0/s1. The van der Waals surface area contributed by atoms with E-state index in [1.165, 1.54) is 18.3 Å². The van der Waals surface area contributed by atoms with Gasteiger partial charge in [-0.15, -0.1) is 0 Å². The average Bonchev–Trinajstić information content (AvgIpc) is 2.34. The highest BCUT2D eigenvalue weighted by Gasteiger charge is 2.13. The Balaban J connectivity index is 2.37. The molecule has 0 bridgehead atoms. The van der Waals surface area contributed by atoms with E-state index in [1.807, 2.05) is 0 Å². The molecule has 1 atom stereocenters. The molecule has 5 heteroatoms. The van der Waals surface area contributed by atoms with Crippen LogP contribution in [0.2, 0.25) is 0 Å². The zero-order valence-corrected chi connectivity index (χ0v) is 11.2. The fraction of sp³-hybridized carbons (Fsp3) is 0.154. The summed E-state index contributed by atoms with van der Waals surface area (Å²) in [4.78, 5) is 4.00. The fourth-order valence-corrected chi connectivity index (χ4v) is 1.81. The summed E-state index contributed by atoms with van der Waals surface area (Å²) < 4.78 is 19.7. The number of aliphatic hydroxyl groups is 1. The lowest BCUT2D eigenvalue weighted by Gasteiger charge is -2.12. The lowest BCUT2D eigenvalue weighted by molar-refractivity contribution is 0.194. The highest BCUT2D eigenvalue weighted by Crippen LogP contribution is 2.30. The van der Waals surface area contributed by atoms with Crippen molar-refractivity contribution in [2.75, 3.05) is 0 Å². The van der Waals surface area contributed by atoms with Crippen LogP contribution in [0.1, 0.15) is 18.6 Å². The molecule has 0 aliphatic rings. The van der Waals surface area contributed by atoms with Gasteiger partial charge in [-0.1, -0.05) is 15.9 Å². The predicted octanol–water partition coefficient (Wildman–Crippen LogP) is 3.83. The molecular formula is C13H11BrFNO2. The summed E-state index contributed by atoms with van der Waals surface area (Å²) in [6.07, 6.45) is 0.792. The highest BCUT2D eigenvalue weighted by atomic mass is 79.9. The van der Waals surface area contributed by atoms with Crippen molar-refractivity contribution in [3.63, 3.8) is 0 Å². The Hall–Kier alpha value is -1.46. The molecule has 18 heavy (non-hydrogen) atoms. The first-order valence-corrected chi connectivity index (χ1v) is 6.13. The van der Waals surface area contributed by atoms with Gasteiger partial charge in [-0.05, 0) is 37.3 Å². The van der Waals surface area contributed by atoms with Crippen molar-refractivity contribution in [1.29, 1.82) is 0 Å². The number of aliphatic hydroxyl groups excluding tert-OH is 1. The number of nitrogens with zero attached hydrogens (tertiary/aromatic N) is 1. The number of halogens is 2. The molecule has 1 aromatic heterocycles. The van der Waals surface area contributed by atoms with Crippen LogP contribution in [0.5, 0.6) is 11.6 Å². The molecule has 3 nitrogen and oxygen atoms in total. The van der Waals surface area contributed by atoms with E-state index >= 15 is 0 Å². The first kappa shape index (κ1) is 13.0. The van der Waals surface area contributed by atoms with Gasteiger partial charge in [0.1, 0.15) is 0 Å². The van der Waals surface area contributed by atoms with Crippen molar-refractivity contribution in [3.8, 4) is 11.6 Å². The van der Waals surface area contributed by atoms with Crippen LogP contribution in [0.3, 0.4) is 0 Å². The summed E-state index contributed by atoms with van der Waals surface area (Å²) in [5.41, 5.74) is 0.511. The maximum absolute atomic E-state index is 13.6. The molecule has 0 aliphatic heterocycles. The lowest BCUT2D eigenvalue weighted by atomic mass is 10.2. The van der Waals surface area contributed by atoms with Gasteiger partial charge in [-0.25, -0.2) is 9.37 Å². The second-order valence-corrected chi connectivity index (χ2v) is 4.67. The van der Waals surface area contributed by atoms with Crippen molar-refractivity contribution in [2.24, 2.45) is 0 Å². The van der Waals surface area contributed by atoms with E-state index in [0.29, 0.717) is 10.0 Å². The third-order valence-corrected chi connectivity index (χ3v) is 2.84. The van der Waals surface area contributed by atoms with Gasteiger partial charge >= 0.3 is 0 Å². The summed E-state index contributed by atoms with van der Waals surface area (Å²) in [5.74, 6) is -0.227. The van der Waals surface area contributed by atoms with Crippen molar-refractivity contribution in [3.05, 3.63) is 52.4 Å². The third kappa shape index (κ3) is 2.86. The summed E-state index contributed by atoms with van der Waals surface area (Å²) in [5, 5.41) is 9.58. The van der Waals surface area contributed by atoms with Crippen molar-refractivity contribution >= 4 is 15.9 Å². The molecule has 0 amide bonds. The van der Waals surface area contributed by atoms with Gasteiger partial charge in [0.15, 0.2) is 11.6 Å². The van der Waals surface area contributed by atoms with Gasteiger partial charge in [0.25, 0.3) is 0 Å². The van der Waals surface area contributed by atoms with E-state index in [0.717, 1.165) is 0 Å². The van der Waals surface area contributed by atoms with Crippen LogP contribution in [-0.2, 0) is 0 Å². The number of aromatic nitrogens is 1. The zero-order chi connectivity index (χ0) is 13.1. The van der Waals surface area contributed by atoms with Crippen LogP contribution in [0.25, 0.3) is 0 Å². The molecule has 2 rings (SSSR count). The minimum absolute atomic E-state index is 0.0602. The normalized spacial score (nSPS) is 12.2. The molecule has 0 aliphatic carbocycles. The maximum Gasteiger partial charge on any atom is 0.225 e. The second-order valence-electron chi connectivity index (χ2n) is 3.75. The number of hydrogen-bond acceptors (Lipinski definition) is 3. The van der Waals surface area contributed by atoms with Gasteiger partial charge < -0.3 is 9.84 Å². The summed E-state index contributed by atoms with van der Waals surface area (Å²) >= 11 is 3.24. The van der Waals surface area contributed by atoms with Gasteiger partial charge in [0.2, 0.25) is 5.88 Å². The van der Waals surface area contributed by atoms with E-state index in [9.17, 15) is 9.50 Å². The summed E-state index contributed by atoms with van der Waals surface area (Å²) in [7, 11) is 0. The lowest BCUT2D eigenvalue weighted by Crippen LogP contribution is -1.99. The SMILES string of the molecule is C[C@H](O)c1cccnc1Oc1cc(Br)ccc1F. The Morgan fingerprint density at radius 3 is 2.89 bits per heavy atom. The molecule has 1 aromatic carbocycles. The zero-order valence-electron chi connectivity index (χ0n) is 9.60. The topological polar surface area (TPSA) is 42.4 Å². The molecule has 1 heterocycles. The smallest absolute Gasteiger partial charge is 0.225 e. The Kier molecular flexibility index (Phi) is 3.93. The van der Waals surface area contributed by atoms with Gasteiger partial charge in [-0.2, -0.15) is 0 Å². The Labute approximate surface area is 112 Å². The molecule has 0 saturated carbocycles. The second kappa shape index (κ2) is 5.46. The Morgan fingerprint density at radius 1 is 1.39 bits per heavy atom. The minimum atomic E-state index is -0.732. The predicted molar refractivity (Wildman–Crippen MR) is 69.0 cm³/mol. The molecule has 1 N–H and O–H groups in total. The first-order valence-electron chi connectivity index (χ1n) is 5.34. The van der Waals surface area contributed by atoms with Gasteiger partial charge in [0, 0.05) is 16.2 Å². The minimum Gasteiger partial charge on any atom is -0.436 e. The largest absolute Gasteiger partial charge is 0.436 e. The Bertz CT molecular complexity index is 560. The number of hydrogen-bond donors (Lipinski definition) is 1. The first-order chi connectivity index (χ1) is 8.58. The van der Waals surface area contributed by atoms with Crippen LogP contribution in [0.4, 0.5) is 4.39 Å². The summed E-state index contributed by atoms with van der Waals surface area (Å²) in [6, 6.07) is 7.76. The molecular weight excluding hydrogens is 301 g/mol. The average molecular weight is 312 g/mol. The number of benzene rings is 1. The molecule has 0 radical (unpaired) electrons. The van der Waals surface area contributed by atoms with E-state index < -0.39 is 11.9 Å². The monoisotopic (exact) mass is 311 g/mol. The number of pyridine rings is 1. The Morgan fingerprint density at radius 2 is 2.17 bits per heavy atom. The molecule has 2 aromatic rings. The van der Waals surface area contributed by atoms with Crippen molar-refractivity contribution < 1.29 is 14.2 Å². The van der Waals surface area contributed by atoms with Crippen LogP contribution in [0, 0.1) is 5.82 Å². The van der Waals surface area contributed by atoms with Crippen molar-refractivity contribution in [1.82, 2.24) is 4.98 Å². The maximum atomic E-state index is 13.6. The highest BCUT2D eigenvalue weighted by molar-refractivity contribution is 9.10. The molecule has 0 unspecified atom stereocenters. The quantitative estimate of drug-likeness (QED) is 0.936. The van der Waals surface area contributed by atoms with Gasteiger partial charge in [0.05, 0.1) is 6.10 Å². The van der Waals surface area contributed by atoms with Crippen LogP contribution in [-0.4, -0.2) is 10.1 Å². The van der Waals surface area contributed by atoms with Crippen LogP contribution >= 0.6 is 15.9 Å². The van der Waals surface area contributed by atoms with Crippen LogP contribution in [0.15, 0.2) is 41.0 Å². The van der Waals surface area contributed by atoms with E-state index in [-0.39, 0.29) is 11.6 Å². The van der Waals surface area contributed by atoms with Crippen molar-refractivity contribution in [2.45, 2.75) is 13.0 Å². The molecule has 0 spiro atoms. The molecule has 0 fully saturated rings. The van der Waals surface area contributed by atoms with Crippen LogP contribution < -0.4 is 4.74 Å². The molecule has 94 valence electrons. The van der Waals surface area contributed by atoms with E-state index in [1.54, 1.807) is 25.1 Å². The summed E-state index contributed by atoms with van der Waals surface area (Å²) in [6.45, 7) is 1.60. The molecule has 0 saturated heterocycles. The van der Waals surface area contributed by atoms with E-state index in [4.69, 9.17) is 4.74 Å². The number of rotatable bonds is 3. The van der Waals surface area contributed by atoms with E-state index in [2.05, 4.69) is 20.9 Å². The third-order valence-electron chi connectivity index (χ3n) is 2.35. The van der Waals surface area contributed by atoms with Gasteiger partial charge in [-0.3, -0.25) is 0 Å².